The van der Waals surface area contributed by atoms with Crippen molar-refractivity contribution in [1.82, 2.24) is 24.6 Å². The predicted octanol–water partition coefficient (Wildman–Crippen LogP) is 3.98. The van der Waals surface area contributed by atoms with E-state index >= 15 is 0 Å². The number of halogens is 1. The Bertz CT molecular complexity index is 1180. The lowest BCUT2D eigenvalue weighted by Gasteiger charge is -2.36. The van der Waals surface area contributed by atoms with Gasteiger partial charge >= 0.3 is 0 Å². The number of piperidine rings is 1. The highest BCUT2D eigenvalue weighted by Crippen LogP contribution is 2.34. The van der Waals surface area contributed by atoms with Crippen molar-refractivity contribution in [3.05, 3.63) is 70.7 Å². The average molecular weight is 449 g/mol. The second-order valence-corrected chi connectivity index (χ2v) is 9.04. The minimum Gasteiger partial charge on any atom is -0.352 e. The number of aromatic nitrogens is 4. The third kappa shape index (κ3) is 4.34. The fourth-order valence-electron chi connectivity index (χ4n) is 5.01. The van der Waals surface area contributed by atoms with Crippen molar-refractivity contribution in [3.63, 3.8) is 0 Å². The molecule has 1 amide bonds. The van der Waals surface area contributed by atoms with Gasteiger partial charge in [-0.2, -0.15) is 5.10 Å². The lowest BCUT2D eigenvalue weighted by Crippen LogP contribution is -2.40. The molecule has 3 aromatic rings. The van der Waals surface area contributed by atoms with Crippen molar-refractivity contribution < 1.29 is 9.18 Å². The van der Waals surface area contributed by atoms with E-state index in [1.54, 1.807) is 29.2 Å². The number of likely N-dealkylation sites (tertiary alicyclic amines) is 1. The molecule has 4 heterocycles. The Hall–Kier alpha value is -3.29. The molecule has 2 aliphatic rings. The van der Waals surface area contributed by atoms with Gasteiger partial charge in [-0.1, -0.05) is 12.1 Å². The van der Waals surface area contributed by atoms with Crippen molar-refractivity contribution in [3.8, 4) is 0 Å². The van der Waals surface area contributed by atoms with Crippen molar-refractivity contribution in [2.75, 3.05) is 18.0 Å². The summed E-state index contributed by atoms with van der Waals surface area (Å²) in [6, 6.07) is 6.58. The summed E-state index contributed by atoms with van der Waals surface area (Å²) >= 11 is 0. The number of aryl methyl sites for hydroxylation is 2. The molecule has 0 aliphatic carbocycles. The Morgan fingerprint density at radius 3 is 2.85 bits per heavy atom. The number of hydrogen-bond acceptors (Lipinski definition) is 5. The number of amides is 1. The number of hydrogen-bond donors (Lipinski definition) is 0. The molecule has 1 atom stereocenters. The van der Waals surface area contributed by atoms with Gasteiger partial charge in [-0.15, -0.1) is 0 Å². The first kappa shape index (κ1) is 21.6. The first-order valence-electron chi connectivity index (χ1n) is 11.7. The van der Waals surface area contributed by atoms with E-state index in [9.17, 15) is 9.18 Å². The summed E-state index contributed by atoms with van der Waals surface area (Å²) in [5.74, 6) is 1.38. The molecule has 2 aromatic heterocycles. The van der Waals surface area contributed by atoms with Gasteiger partial charge < -0.3 is 9.80 Å². The highest BCUT2D eigenvalue weighted by Gasteiger charge is 2.33. The van der Waals surface area contributed by atoms with Gasteiger partial charge in [0, 0.05) is 44.1 Å². The van der Waals surface area contributed by atoms with Gasteiger partial charge in [-0.05, 0) is 56.7 Å². The van der Waals surface area contributed by atoms with Crippen LogP contribution in [0.25, 0.3) is 0 Å². The minimum absolute atomic E-state index is 0.0246. The molecule has 8 heteroatoms. The van der Waals surface area contributed by atoms with Crippen molar-refractivity contribution in [1.29, 1.82) is 0 Å². The van der Waals surface area contributed by atoms with Crippen LogP contribution in [0.2, 0.25) is 0 Å². The van der Waals surface area contributed by atoms with Gasteiger partial charge in [-0.25, -0.2) is 14.4 Å². The van der Waals surface area contributed by atoms with Crippen LogP contribution < -0.4 is 4.90 Å². The summed E-state index contributed by atoms with van der Waals surface area (Å²) in [7, 11) is 1.81. The molecule has 0 spiro atoms. The molecular weight excluding hydrogens is 419 g/mol. The molecule has 7 nitrogen and oxygen atoms in total. The summed E-state index contributed by atoms with van der Waals surface area (Å²) < 4.78 is 15.4. The number of carbonyl (C=O) groups excluding carboxylic acids is 1. The van der Waals surface area contributed by atoms with Gasteiger partial charge in [0.05, 0.1) is 17.8 Å². The smallest absolute Gasteiger partial charge is 0.257 e. The van der Waals surface area contributed by atoms with Crippen LogP contribution >= 0.6 is 0 Å². The van der Waals surface area contributed by atoms with Crippen LogP contribution in [0.4, 0.5) is 10.2 Å². The predicted molar refractivity (Wildman–Crippen MR) is 123 cm³/mol. The Morgan fingerprint density at radius 1 is 1.18 bits per heavy atom. The Morgan fingerprint density at radius 2 is 2.06 bits per heavy atom. The maximum Gasteiger partial charge on any atom is 0.257 e. The van der Waals surface area contributed by atoms with Gasteiger partial charge in [0.15, 0.2) is 5.82 Å². The largest absolute Gasteiger partial charge is 0.352 e. The molecule has 0 radical (unpaired) electrons. The number of rotatable bonds is 4. The van der Waals surface area contributed by atoms with E-state index in [-0.39, 0.29) is 17.8 Å². The van der Waals surface area contributed by atoms with E-state index in [0.29, 0.717) is 24.5 Å². The number of benzene rings is 1. The molecule has 1 saturated heterocycles. The van der Waals surface area contributed by atoms with Crippen LogP contribution in [-0.2, 0) is 20.0 Å². The van der Waals surface area contributed by atoms with E-state index in [1.165, 1.54) is 6.07 Å². The summed E-state index contributed by atoms with van der Waals surface area (Å²) in [4.78, 5) is 27.3. The topological polar surface area (TPSA) is 67.2 Å². The van der Waals surface area contributed by atoms with Crippen LogP contribution in [0.15, 0.2) is 36.7 Å². The van der Waals surface area contributed by atoms with E-state index in [0.717, 1.165) is 61.3 Å². The third-order valence-electron chi connectivity index (χ3n) is 6.64. The second kappa shape index (κ2) is 8.92. The van der Waals surface area contributed by atoms with Gasteiger partial charge in [0.1, 0.15) is 11.6 Å². The zero-order valence-corrected chi connectivity index (χ0v) is 19.2. The quantitative estimate of drug-likeness (QED) is 0.604. The molecule has 172 valence electrons. The molecule has 1 unspecified atom stereocenters. The van der Waals surface area contributed by atoms with Crippen molar-refractivity contribution >= 4 is 11.7 Å². The molecule has 33 heavy (non-hydrogen) atoms. The highest BCUT2D eigenvalue weighted by atomic mass is 19.1. The summed E-state index contributed by atoms with van der Waals surface area (Å²) in [6.45, 7) is 4.18. The van der Waals surface area contributed by atoms with Crippen LogP contribution in [-0.4, -0.2) is 43.6 Å². The van der Waals surface area contributed by atoms with E-state index in [4.69, 9.17) is 9.97 Å². The van der Waals surface area contributed by atoms with Crippen LogP contribution in [0, 0.1) is 12.7 Å². The first-order chi connectivity index (χ1) is 16.0. The molecular formula is C25H29FN6O. The van der Waals surface area contributed by atoms with E-state index in [1.807, 2.05) is 24.9 Å². The standard InChI is InChI=1S/C25H29FN6O/c1-17-21-9-6-11-31(15-18-7-5-8-20(26)13-18)24(21)29-23(28-17)22-10-3-4-12-32(22)25(33)19-14-27-30(2)16-19/h5,7-8,13-14,16,22H,3-4,6,9-12,15H2,1-2H3. The molecule has 0 saturated carbocycles. The van der Waals surface area contributed by atoms with E-state index < -0.39 is 0 Å². The molecule has 0 N–H and O–H groups in total. The van der Waals surface area contributed by atoms with Crippen molar-refractivity contribution in [2.24, 2.45) is 7.05 Å². The summed E-state index contributed by atoms with van der Waals surface area (Å²) in [6.07, 6.45) is 8.17. The summed E-state index contributed by atoms with van der Waals surface area (Å²) in [5.41, 5.74) is 3.64. The molecule has 2 aliphatic heterocycles. The van der Waals surface area contributed by atoms with Crippen molar-refractivity contribution in [2.45, 2.75) is 51.6 Å². The number of anilines is 1. The lowest BCUT2D eigenvalue weighted by atomic mass is 9.98. The lowest BCUT2D eigenvalue weighted by molar-refractivity contribution is 0.0599. The van der Waals surface area contributed by atoms with Crippen LogP contribution in [0.3, 0.4) is 0 Å². The fourth-order valence-corrected chi connectivity index (χ4v) is 5.01. The fraction of sp³-hybridized carbons (Fsp3) is 0.440. The van der Waals surface area contributed by atoms with Gasteiger partial charge in [-0.3, -0.25) is 9.48 Å². The Labute approximate surface area is 193 Å². The maximum atomic E-state index is 13.8. The third-order valence-corrected chi connectivity index (χ3v) is 6.64. The summed E-state index contributed by atoms with van der Waals surface area (Å²) in [5, 5.41) is 4.16. The maximum absolute atomic E-state index is 13.8. The van der Waals surface area contributed by atoms with E-state index in [2.05, 4.69) is 10.00 Å². The monoisotopic (exact) mass is 448 g/mol. The average Bonchev–Trinajstić information content (AvgIpc) is 3.25. The minimum atomic E-state index is -0.226. The number of nitrogens with zero attached hydrogens (tertiary/aromatic N) is 6. The van der Waals surface area contributed by atoms with Crippen LogP contribution in [0.1, 0.15) is 64.7 Å². The van der Waals surface area contributed by atoms with Crippen LogP contribution in [0.5, 0.6) is 0 Å². The molecule has 1 fully saturated rings. The zero-order chi connectivity index (χ0) is 22.9. The zero-order valence-electron chi connectivity index (χ0n) is 19.2. The van der Waals surface area contributed by atoms with Gasteiger partial charge in [0.25, 0.3) is 5.91 Å². The Balaban J connectivity index is 1.48. The number of carbonyl (C=O) groups is 1. The number of fused-ring (bicyclic) bond motifs is 1. The molecule has 5 rings (SSSR count). The SMILES string of the molecule is Cc1nc(C2CCCCN2C(=O)c2cnn(C)c2)nc2c1CCCN2Cc1cccc(F)c1. The Kier molecular flexibility index (Phi) is 5.83. The van der Waals surface area contributed by atoms with Gasteiger partial charge in [0.2, 0.25) is 0 Å². The second-order valence-electron chi connectivity index (χ2n) is 9.04. The molecule has 1 aromatic carbocycles. The highest BCUT2D eigenvalue weighted by molar-refractivity contribution is 5.94. The normalized spacial score (nSPS) is 18.3. The molecule has 0 bridgehead atoms. The first-order valence-corrected chi connectivity index (χ1v) is 11.7.